The number of aromatic nitrogens is 1. The quantitative estimate of drug-likeness (QED) is 0.286. The summed E-state index contributed by atoms with van der Waals surface area (Å²) in [7, 11) is 0. The molecule has 11 nitrogen and oxygen atoms in total. The van der Waals surface area contributed by atoms with E-state index in [4.69, 9.17) is 4.74 Å². The van der Waals surface area contributed by atoms with Crippen LogP contribution in [0.2, 0.25) is 0 Å². The van der Waals surface area contributed by atoms with Gasteiger partial charge in [-0.05, 0) is 87.7 Å². The summed E-state index contributed by atoms with van der Waals surface area (Å²) < 4.78 is 23.6. The SMILES string of the molecule is CC=C[C@]1(C)C[C@@H](OC(=O)NC(=O)C2CCN(c3cc4c(cc3F)c(=O)c(C(=O)O)cn4C3CC3)CC2)[C@]2(C)C(C)CCC3(CCC(=O)C32)[C@@H](C)[C@@H]1O. The topological polar surface area (TPSA) is 155 Å². The van der Waals surface area contributed by atoms with Crippen molar-refractivity contribution in [2.24, 2.45) is 39.9 Å². The Morgan fingerprint density at radius 3 is 2.38 bits per heavy atom. The number of carboxylic acids is 1. The summed E-state index contributed by atoms with van der Waals surface area (Å²) in [6, 6.07) is 2.75. The molecule has 5 aliphatic rings. The van der Waals surface area contributed by atoms with Crippen LogP contribution < -0.4 is 15.6 Å². The maximum Gasteiger partial charge on any atom is 0.414 e. The number of aliphatic hydroxyl groups is 1. The van der Waals surface area contributed by atoms with Gasteiger partial charge in [0.1, 0.15) is 23.3 Å². The molecule has 12 heteroatoms. The number of aromatic carboxylic acids is 1. The average Bonchev–Trinajstić information content (AvgIpc) is 3.90. The fraction of sp³-hybridized carbons (Fsp3) is 0.634. The van der Waals surface area contributed by atoms with Crippen molar-refractivity contribution in [3.8, 4) is 0 Å². The molecule has 2 heterocycles. The van der Waals surface area contributed by atoms with Gasteiger partial charge in [-0.15, -0.1) is 0 Å². The molecule has 0 spiro atoms. The number of imide groups is 1. The minimum atomic E-state index is -1.35. The highest BCUT2D eigenvalue weighted by Crippen LogP contribution is 2.68. The monoisotopic (exact) mass is 733 g/mol. The van der Waals surface area contributed by atoms with Crippen LogP contribution >= 0.6 is 0 Å². The second-order valence-electron chi connectivity index (χ2n) is 17.2. The molecule has 5 fully saturated rings. The predicted octanol–water partition coefficient (Wildman–Crippen LogP) is 6.40. The number of amides is 2. The van der Waals surface area contributed by atoms with Crippen molar-refractivity contribution in [1.29, 1.82) is 0 Å². The molecular weight excluding hydrogens is 681 g/mol. The number of ether oxygens (including phenoxy) is 1. The number of hydrogen-bond donors (Lipinski definition) is 3. The number of Topliss-reactive ketones (excluding diaryl/α,β-unsaturated/α-hetero) is 1. The highest BCUT2D eigenvalue weighted by atomic mass is 19.1. The molecule has 2 amide bonds. The lowest BCUT2D eigenvalue weighted by molar-refractivity contribution is -0.191. The number of anilines is 1. The van der Waals surface area contributed by atoms with E-state index < -0.39 is 69.1 Å². The summed E-state index contributed by atoms with van der Waals surface area (Å²) in [6.07, 6.45) is 8.32. The van der Waals surface area contributed by atoms with E-state index in [0.717, 1.165) is 31.7 Å². The Morgan fingerprint density at radius 2 is 1.74 bits per heavy atom. The van der Waals surface area contributed by atoms with Gasteiger partial charge in [0.2, 0.25) is 11.3 Å². The first kappa shape index (κ1) is 37.3. The Kier molecular flexibility index (Phi) is 9.39. The first-order valence-corrected chi connectivity index (χ1v) is 19.3. The lowest BCUT2D eigenvalue weighted by atomic mass is 9.44. The van der Waals surface area contributed by atoms with Crippen LogP contribution in [0.3, 0.4) is 0 Å². The largest absolute Gasteiger partial charge is 0.477 e. The molecule has 2 aromatic rings. The third kappa shape index (κ3) is 5.99. The number of halogens is 1. The molecule has 2 bridgehead atoms. The van der Waals surface area contributed by atoms with E-state index in [1.54, 1.807) is 10.6 Å². The predicted molar refractivity (Wildman–Crippen MR) is 196 cm³/mol. The Hall–Kier alpha value is -4.06. The number of hydrogen-bond acceptors (Lipinski definition) is 8. The molecule has 4 aliphatic carbocycles. The van der Waals surface area contributed by atoms with Crippen LogP contribution in [-0.2, 0) is 14.3 Å². The van der Waals surface area contributed by atoms with Crippen molar-refractivity contribution in [1.82, 2.24) is 9.88 Å². The number of alkyl carbamates (subject to hydrolysis) is 1. The Balaban J connectivity index is 1.08. The molecule has 4 saturated carbocycles. The fourth-order valence-corrected chi connectivity index (χ4v) is 11.0. The molecule has 1 saturated heterocycles. The van der Waals surface area contributed by atoms with Crippen LogP contribution in [-0.4, -0.2) is 63.8 Å². The number of aliphatic hydroxyl groups excluding tert-OH is 1. The number of carboxylic acid groups (broad SMARTS) is 1. The first-order valence-electron chi connectivity index (χ1n) is 19.3. The summed E-state index contributed by atoms with van der Waals surface area (Å²) in [4.78, 5) is 67.4. The smallest absolute Gasteiger partial charge is 0.414 e. The van der Waals surface area contributed by atoms with Crippen molar-refractivity contribution in [3.05, 3.63) is 52.1 Å². The van der Waals surface area contributed by atoms with Gasteiger partial charge in [0.25, 0.3) is 0 Å². The summed E-state index contributed by atoms with van der Waals surface area (Å²) in [5, 5.41) is 24.0. The van der Waals surface area contributed by atoms with E-state index in [1.165, 1.54) is 6.20 Å². The lowest BCUT2D eigenvalue weighted by Gasteiger charge is -2.61. The number of allylic oxidation sites excluding steroid dienone is 1. The van der Waals surface area contributed by atoms with E-state index in [1.807, 2.05) is 30.9 Å². The molecule has 1 aromatic heterocycles. The van der Waals surface area contributed by atoms with Gasteiger partial charge >= 0.3 is 12.1 Å². The number of ketones is 1. The van der Waals surface area contributed by atoms with Crippen LogP contribution in [0.25, 0.3) is 10.9 Å². The lowest BCUT2D eigenvalue weighted by Crippen LogP contribution is -2.63. The number of pyridine rings is 1. The Bertz CT molecular complexity index is 1950. The van der Waals surface area contributed by atoms with Crippen molar-refractivity contribution in [3.63, 3.8) is 0 Å². The van der Waals surface area contributed by atoms with Gasteiger partial charge in [-0.25, -0.2) is 14.0 Å². The van der Waals surface area contributed by atoms with Gasteiger partial charge in [-0.2, -0.15) is 0 Å². The minimum Gasteiger partial charge on any atom is -0.477 e. The maximum absolute atomic E-state index is 15.6. The Morgan fingerprint density at radius 1 is 1.04 bits per heavy atom. The normalized spacial score (nSPS) is 34.8. The van der Waals surface area contributed by atoms with Gasteiger partial charge in [0.05, 0.1) is 17.3 Å². The molecular formula is C41H52FN3O8. The van der Waals surface area contributed by atoms with Gasteiger partial charge in [-0.1, -0.05) is 39.8 Å². The summed E-state index contributed by atoms with van der Waals surface area (Å²) >= 11 is 0. The molecule has 7 rings (SSSR count). The van der Waals surface area contributed by atoms with Crippen LogP contribution in [0.4, 0.5) is 14.9 Å². The number of fused-ring (bicyclic) bond motifs is 1. The highest BCUT2D eigenvalue weighted by Gasteiger charge is 2.68. The van der Waals surface area contributed by atoms with Gasteiger partial charge in [0, 0.05) is 59.8 Å². The van der Waals surface area contributed by atoms with Crippen LogP contribution in [0.1, 0.15) is 109 Å². The summed E-state index contributed by atoms with van der Waals surface area (Å²) in [5.74, 6) is -3.30. The van der Waals surface area contributed by atoms with Crippen molar-refractivity contribution in [2.45, 2.75) is 111 Å². The number of carbonyl (C=O) groups is 4. The number of piperidine rings is 1. The van der Waals surface area contributed by atoms with Gasteiger partial charge < -0.3 is 24.4 Å². The summed E-state index contributed by atoms with van der Waals surface area (Å²) in [6.45, 7) is 10.8. The average molecular weight is 734 g/mol. The molecule has 1 aliphatic heterocycles. The second-order valence-corrected chi connectivity index (χ2v) is 17.2. The van der Waals surface area contributed by atoms with E-state index in [9.17, 15) is 34.2 Å². The van der Waals surface area contributed by atoms with E-state index >= 15 is 4.39 Å². The number of carbonyl (C=O) groups excluding carboxylic acids is 3. The summed E-state index contributed by atoms with van der Waals surface area (Å²) in [5.41, 5.74) is -2.21. The standard InChI is InChI=1S/C41H52FN3O8/c1-6-13-39(4)20-32(40(5)22(2)9-14-41(23(3)35(39)48)15-10-31(46)34(40)41)53-38(52)43-36(49)24-11-16-44(17-12-24)30-19-29-26(18-28(30)42)33(47)27(37(50)51)21-45(29)25-7-8-25/h6,13,18-19,21-25,32,34-35,48H,7-12,14-17,20H2,1-5H3,(H,50,51)(H,43,49,52)/t22?,23-,32+,34?,35-,39+,40-,41?/m0/s1. The zero-order valence-electron chi connectivity index (χ0n) is 31.3. The van der Waals surface area contributed by atoms with E-state index in [-0.39, 0.29) is 40.7 Å². The number of nitrogens with one attached hydrogen (secondary N) is 1. The second kappa shape index (κ2) is 13.4. The van der Waals surface area contributed by atoms with Crippen molar-refractivity contribution < 1.29 is 38.5 Å². The molecule has 8 atom stereocenters. The van der Waals surface area contributed by atoms with E-state index in [0.29, 0.717) is 50.7 Å². The van der Waals surface area contributed by atoms with Crippen molar-refractivity contribution in [2.75, 3.05) is 18.0 Å². The van der Waals surface area contributed by atoms with E-state index in [2.05, 4.69) is 26.1 Å². The van der Waals surface area contributed by atoms with Crippen molar-refractivity contribution >= 4 is 40.3 Å². The third-order valence-corrected chi connectivity index (χ3v) is 14.3. The maximum atomic E-state index is 15.6. The zero-order valence-corrected chi connectivity index (χ0v) is 31.3. The van der Waals surface area contributed by atoms with Gasteiger partial charge in [-0.3, -0.25) is 19.7 Å². The van der Waals surface area contributed by atoms with Crippen LogP contribution in [0.5, 0.6) is 0 Å². The minimum absolute atomic E-state index is 0.0182. The number of benzene rings is 1. The van der Waals surface area contributed by atoms with Gasteiger partial charge in [0.15, 0.2) is 0 Å². The van der Waals surface area contributed by atoms with Crippen LogP contribution in [0, 0.1) is 45.7 Å². The zero-order chi connectivity index (χ0) is 38.2. The molecule has 53 heavy (non-hydrogen) atoms. The Labute approximate surface area is 308 Å². The first-order chi connectivity index (χ1) is 25.1. The molecule has 286 valence electrons. The van der Waals surface area contributed by atoms with Crippen LogP contribution in [0.15, 0.2) is 35.3 Å². The third-order valence-electron chi connectivity index (χ3n) is 14.3. The molecule has 3 unspecified atom stereocenters. The highest BCUT2D eigenvalue weighted by molar-refractivity contribution is 5.94. The number of nitrogens with zero attached hydrogens (tertiary/aromatic N) is 2. The molecule has 0 radical (unpaired) electrons. The molecule has 1 aromatic carbocycles. The fourth-order valence-electron chi connectivity index (χ4n) is 11.0. The molecule has 3 N–H and O–H groups in total. The number of rotatable bonds is 6.